The molecule has 1 atom stereocenters. The molecule has 2 rings (SSSR count). The van der Waals surface area contributed by atoms with Gasteiger partial charge in [0.15, 0.2) is 5.82 Å². The molecule has 0 aromatic carbocycles. The van der Waals surface area contributed by atoms with Crippen LogP contribution < -0.4 is 0 Å². The Kier molecular flexibility index (Phi) is 2.71. The van der Waals surface area contributed by atoms with Gasteiger partial charge >= 0.3 is 0 Å². The largest absolute Gasteiger partial charge is 0.310 e. The van der Waals surface area contributed by atoms with Crippen molar-refractivity contribution in [2.45, 2.75) is 39.7 Å². The summed E-state index contributed by atoms with van der Waals surface area (Å²) in [5, 5.41) is 7.40. The summed E-state index contributed by atoms with van der Waals surface area (Å²) in [7, 11) is 0. The lowest BCUT2D eigenvalue weighted by Crippen LogP contribution is -2.24. The third-order valence-corrected chi connectivity index (χ3v) is 3.16. The van der Waals surface area contributed by atoms with Gasteiger partial charge in [0.1, 0.15) is 5.82 Å². The van der Waals surface area contributed by atoms with E-state index in [0.717, 1.165) is 18.7 Å². The first-order valence-electron chi connectivity index (χ1n) is 5.29. The molecule has 0 saturated carbocycles. The molecule has 0 fully saturated rings. The van der Waals surface area contributed by atoms with Crippen LogP contribution in [0.3, 0.4) is 0 Å². The molecule has 1 aliphatic heterocycles. The molecule has 1 aromatic rings. The summed E-state index contributed by atoms with van der Waals surface area (Å²) in [6.07, 6.45) is -0.790. The maximum Gasteiger partial charge on any atom is 0.297 e. The summed E-state index contributed by atoms with van der Waals surface area (Å²) >= 11 is 0. The van der Waals surface area contributed by atoms with E-state index in [1.165, 1.54) is 0 Å². The predicted molar refractivity (Wildman–Crippen MR) is 51.6 cm³/mol. The zero-order valence-electron chi connectivity index (χ0n) is 8.95. The van der Waals surface area contributed by atoms with Gasteiger partial charge in [-0.2, -0.15) is 0 Å². The Hall–Kier alpha value is -1.00. The van der Waals surface area contributed by atoms with Crippen molar-refractivity contribution in [2.75, 3.05) is 0 Å². The van der Waals surface area contributed by atoms with Crippen molar-refractivity contribution in [3.8, 4) is 0 Å². The lowest BCUT2D eigenvalue weighted by Gasteiger charge is -2.26. The maximum absolute atomic E-state index is 12.5. The molecule has 0 bridgehead atoms. The Morgan fingerprint density at radius 2 is 2.07 bits per heavy atom. The van der Waals surface area contributed by atoms with Crippen molar-refractivity contribution in [1.82, 2.24) is 14.8 Å². The van der Waals surface area contributed by atoms with Gasteiger partial charge in [0.25, 0.3) is 6.43 Å². The number of halogens is 2. The molecule has 0 spiro atoms. The molecule has 0 aliphatic carbocycles. The summed E-state index contributed by atoms with van der Waals surface area (Å²) in [6, 6.07) is 0. The molecule has 0 radical (unpaired) electrons. The highest BCUT2D eigenvalue weighted by Crippen LogP contribution is 2.28. The number of nitrogens with zero attached hydrogens (tertiary/aromatic N) is 3. The van der Waals surface area contributed by atoms with Crippen LogP contribution in [-0.2, 0) is 13.0 Å². The molecule has 1 aromatic heterocycles. The van der Waals surface area contributed by atoms with Gasteiger partial charge in [0.05, 0.1) is 0 Å². The van der Waals surface area contributed by atoms with Crippen molar-refractivity contribution in [3.05, 3.63) is 11.6 Å². The van der Waals surface area contributed by atoms with Crippen LogP contribution in [0.15, 0.2) is 0 Å². The van der Waals surface area contributed by atoms with Crippen LogP contribution in [0.4, 0.5) is 8.78 Å². The molecule has 2 heterocycles. The Labute approximate surface area is 87.5 Å². The molecule has 0 saturated heterocycles. The second kappa shape index (κ2) is 3.87. The summed E-state index contributed by atoms with van der Waals surface area (Å²) in [5.74, 6) is 1.67. The standard InChI is InChI=1S/C10H15F2N3/c1-6(2)7-3-4-15-8(5-7)13-14-10(15)9(11)12/h6-7,9H,3-5H2,1-2H3. The number of hydrogen-bond donors (Lipinski definition) is 0. The quantitative estimate of drug-likeness (QED) is 0.758. The van der Waals surface area contributed by atoms with Gasteiger partial charge in [0.2, 0.25) is 0 Å². The van der Waals surface area contributed by atoms with Gasteiger partial charge in [-0.05, 0) is 18.3 Å². The average molecular weight is 215 g/mol. The number of alkyl halides is 2. The third kappa shape index (κ3) is 1.87. The minimum Gasteiger partial charge on any atom is -0.310 e. The lowest BCUT2D eigenvalue weighted by atomic mass is 9.87. The van der Waals surface area contributed by atoms with Crippen LogP contribution in [0, 0.1) is 11.8 Å². The zero-order chi connectivity index (χ0) is 11.0. The highest BCUT2D eigenvalue weighted by atomic mass is 19.3. The lowest BCUT2D eigenvalue weighted by molar-refractivity contribution is 0.132. The van der Waals surface area contributed by atoms with E-state index < -0.39 is 6.43 Å². The van der Waals surface area contributed by atoms with Gasteiger partial charge in [-0.1, -0.05) is 13.8 Å². The molecular weight excluding hydrogens is 200 g/mol. The molecule has 3 nitrogen and oxygen atoms in total. The monoisotopic (exact) mass is 215 g/mol. The fraction of sp³-hybridized carbons (Fsp3) is 0.800. The number of fused-ring (bicyclic) bond motifs is 1. The van der Waals surface area contributed by atoms with E-state index in [0.29, 0.717) is 18.4 Å². The number of hydrogen-bond acceptors (Lipinski definition) is 2. The highest BCUT2D eigenvalue weighted by molar-refractivity contribution is 5.01. The Balaban J connectivity index is 2.22. The van der Waals surface area contributed by atoms with Crippen molar-refractivity contribution in [1.29, 1.82) is 0 Å². The van der Waals surface area contributed by atoms with Crippen molar-refractivity contribution in [2.24, 2.45) is 11.8 Å². The normalized spacial score (nSPS) is 21.1. The van der Waals surface area contributed by atoms with E-state index in [4.69, 9.17) is 0 Å². The molecular formula is C10H15F2N3. The topological polar surface area (TPSA) is 30.7 Å². The van der Waals surface area contributed by atoms with E-state index in [1.807, 2.05) is 0 Å². The molecule has 1 unspecified atom stereocenters. The minimum absolute atomic E-state index is 0.174. The van der Waals surface area contributed by atoms with Gasteiger partial charge in [0, 0.05) is 13.0 Å². The zero-order valence-corrected chi connectivity index (χ0v) is 8.95. The minimum atomic E-state index is -2.51. The molecule has 0 N–H and O–H groups in total. The first kappa shape index (κ1) is 10.5. The maximum atomic E-state index is 12.5. The van der Waals surface area contributed by atoms with E-state index in [9.17, 15) is 8.78 Å². The van der Waals surface area contributed by atoms with Crippen LogP contribution in [-0.4, -0.2) is 14.8 Å². The Bertz CT molecular complexity index is 346. The third-order valence-electron chi connectivity index (χ3n) is 3.16. The van der Waals surface area contributed by atoms with Crippen molar-refractivity contribution in [3.63, 3.8) is 0 Å². The second-order valence-corrected chi connectivity index (χ2v) is 4.42. The summed E-state index contributed by atoms with van der Waals surface area (Å²) < 4.78 is 26.6. The van der Waals surface area contributed by atoms with Gasteiger partial charge in [-0.3, -0.25) is 0 Å². The fourth-order valence-electron chi connectivity index (χ4n) is 2.11. The molecule has 15 heavy (non-hydrogen) atoms. The number of aromatic nitrogens is 3. The average Bonchev–Trinajstić information content (AvgIpc) is 2.59. The van der Waals surface area contributed by atoms with Gasteiger partial charge in [-0.25, -0.2) is 8.78 Å². The van der Waals surface area contributed by atoms with E-state index >= 15 is 0 Å². The summed E-state index contributed by atoms with van der Waals surface area (Å²) in [4.78, 5) is 0. The summed E-state index contributed by atoms with van der Waals surface area (Å²) in [5.41, 5.74) is 0. The molecule has 1 aliphatic rings. The van der Waals surface area contributed by atoms with E-state index in [2.05, 4.69) is 24.0 Å². The second-order valence-electron chi connectivity index (χ2n) is 4.42. The first-order chi connectivity index (χ1) is 7.09. The van der Waals surface area contributed by atoms with Crippen molar-refractivity contribution >= 4 is 0 Å². The summed E-state index contributed by atoms with van der Waals surface area (Å²) in [6.45, 7) is 4.94. The number of rotatable bonds is 2. The van der Waals surface area contributed by atoms with Crippen LogP contribution in [0.1, 0.15) is 38.3 Å². The van der Waals surface area contributed by atoms with Gasteiger partial charge < -0.3 is 4.57 Å². The Morgan fingerprint density at radius 3 is 2.67 bits per heavy atom. The smallest absolute Gasteiger partial charge is 0.297 e. The first-order valence-corrected chi connectivity index (χ1v) is 5.29. The van der Waals surface area contributed by atoms with E-state index in [1.54, 1.807) is 4.57 Å². The molecule has 84 valence electrons. The van der Waals surface area contributed by atoms with E-state index in [-0.39, 0.29) is 5.82 Å². The van der Waals surface area contributed by atoms with Crippen LogP contribution in [0.25, 0.3) is 0 Å². The fourth-order valence-corrected chi connectivity index (χ4v) is 2.11. The van der Waals surface area contributed by atoms with Crippen LogP contribution in [0.2, 0.25) is 0 Å². The molecule has 5 heteroatoms. The van der Waals surface area contributed by atoms with Gasteiger partial charge in [-0.15, -0.1) is 10.2 Å². The van der Waals surface area contributed by atoms with Crippen molar-refractivity contribution < 1.29 is 8.78 Å². The Morgan fingerprint density at radius 1 is 1.33 bits per heavy atom. The highest BCUT2D eigenvalue weighted by Gasteiger charge is 2.27. The SMILES string of the molecule is CC(C)C1CCn2c(nnc2C(F)F)C1. The predicted octanol–water partition coefficient (Wildman–Crippen LogP) is 2.43. The molecule has 0 amide bonds. The van der Waals surface area contributed by atoms with Crippen LogP contribution in [0.5, 0.6) is 0 Å². The van der Waals surface area contributed by atoms with Crippen LogP contribution >= 0.6 is 0 Å².